The molecule has 2 atom stereocenters. The van der Waals surface area contributed by atoms with Crippen molar-refractivity contribution in [1.82, 2.24) is 9.88 Å². The average Bonchev–Trinajstić information content (AvgIpc) is 3.32. The molecule has 1 N–H and O–H groups in total. The van der Waals surface area contributed by atoms with Crippen LogP contribution in [0.4, 0.5) is 4.39 Å². The van der Waals surface area contributed by atoms with Gasteiger partial charge in [-0.2, -0.15) is 0 Å². The molecule has 2 saturated heterocycles. The Bertz CT molecular complexity index is 1020. The Morgan fingerprint density at radius 1 is 1.21 bits per heavy atom. The Morgan fingerprint density at radius 3 is 2.97 bits per heavy atom. The summed E-state index contributed by atoms with van der Waals surface area (Å²) < 4.78 is 25.5. The van der Waals surface area contributed by atoms with E-state index in [4.69, 9.17) is 9.47 Å². The number of ether oxygens (including phenoxy) is 2. The zero-order valence-corrected chi connectivity index (χ0v) is 16.1. The van der Waals surface area contributed by atoms with Gasteiger partial charge in [-0.1, -0.05) is 24.3 Å². The molecule has 6 heteroatoms. The molecule has 0 aliphatic carbocycles. The van der Waals surface area contributed by atoms with E-state index in [9.17, 15) is 9.18 Å². The van der Waals surface area contributed by atoms with Crippen molar-refractivity contribution >= 4 is 16.8 Å². The van der Waals surface area contributed by atoms with Crippen molar-refractivity contribution in [3.63, 3.8) is 0 Å². The van der Waals surface area contributed by atoms with Gasteiger partial charge in [0, 0.05) is 29.9 Å². The first kappa shape index (κ1) is 18.2. The molecule has 0 unspecified atom stereocenters. The highest BCUT2D eigenvalue weighted by Gasteiger charge is 2.45. The van der Waals surface area contributed by atoms with Crippen LogP contribution in [0.2, 0.25) is 0 Å². The summed E-state index contributed by atoms with van der Waals surface area (Å²) in [7, 11) is 0. The van der Waals surface area contributed by atoms with Gasteiger partial charge in [-0.3, -0.25) is 4.79 Å². The second-order valence-corrected chi connectivity index (χ2v) is 8.00. The number of aromatic amines is 1. The number of carbonyl (C=O) groups excluding carboxylic acids is 1. The van der Waals surface area contributed by atoms with Crippen molar-refractivity contribution in [3.05, 3.63) is 66.1 Å². The van der Waals surface area contributed by atoms with Crippen LogP contribution in [0, 0.1) is 5.82 Å². The third kappa shape index (κ3) is 3.60. The molecular formula is C23H23FN2O3. The Morgan fingerprint density at radius 2 is 2.10 bits per heavy atom. The van der Waals surface area contributed by atoms with Gasteiger partial charge in [-0.25, -0.2) is 4.39 Å². The van der Waals surface area contributed by atoms with E-state index in [1.807, 2.05) is 35.2 Å². The molecular weight excluding hydrogens is 371 g/mol. The van der Waals surface area contributed by atoms with Crippen LogP contribution in [0.5, 0.6) is 5.75 Å². The third-order valence-corrected chi connectivity index (χ3v) is 5.86. The van der Waals surface area contributed by atoms with Gasteiger partial charge in [0.05, 0.1) is 18.8 Å². The molecule has 2 aliphatic rings. The normalized spacial score (nSPS) is 24.3. The lowest BCUT2D eigenvalue weighted by Crippen LogP contribution is -2.50. The predicted octanol–water partition coefficient (Wildman–Crippen LogP) is 4.15. The van der Waals surface area contributed by atoms with Gasteiger partial charge in [-0.15, -0.1) is 0 Å². The SMILES string of the molecule is O=C(c1cc2ccccc2[nH]1)N1CCC[C@@]2(C[C@@H](Oc3cccc(F)c3)CO2)C1. The van der Waals surface area contributed by atoms with E-state index in [0.717, 1.165) is 23.7 Å². The standard InChI is InChI=1S/C23H23FN2O3/c24-17-6-3-7-18(12-17)29-19-13-23(28-14-19)9-4-10-26(15-23)22(27)21-11-16-5-1-2-8-20(16)25-21/h1-3,5-8,11-12,19,25H,4,9-10,13-15H2/t19-,23-/m1/s1. The fourth-order valence-electron chi connectivity index (χ4n) is 4.53. The minimum Gasteiger partial charge on any atom is -0.488 e. The molecule has 29 heavy (non-hydrogen) atoms. The lowest BCUT2D eigenvalue weighted by Gasteiger charge is -2.39. The molecule has 2 fully saturated rings. The number of H-pyrrole nitrogens is 1. The number of benzene rings is 2. The second-order valence-electron chi connectivity index (χ2n) is 8.00. The predicted molar refractivity (Wildman–Crippen MR) is 108 cm³/mol. The fourth-order valence-corrected chi connectivity index (χ4v) is 4.53. The van der Waals surface area contributed by atoms with E-state index in [1.54, 1.807) is 12.1 Å². The maximum absolute atomic E-state index is 13.4. The average molecular weight is 394 g/mol. The molecule has 2 aliphatic heterocycles. The number of nitrogens with one attached hydrogen (secondary N) is 1. The van der Waals surface area contributed by atoms with Crippen LogP contribution < -0.4 is 4.74 Å². The molecule has 1 amide bonds. The van der Waals surface area contributed by atoms with Gasteiger partial charge in [0.1, 0.15) is 23.4 Å². The van der Waals surface area contributed by atoms with E-state index in [-0.39, 0.29) is 17.8 Å². The van der Waals surface area contributed by atoms with E-state index >= 15 is 0 Å². The summed E-state index contributed by atoms with van der Waals surface area (Å²) in [4.78, 5) is 18.2. The van der Waals surface area contributed by atoms with Crippen LogP contribution in [-0.4, -0.2) is 47.2 Å². The maximum atomic E-state index is 13.4. The molecule has 150 valence electrons. The van der Waals surface area contributed by atoms with Crippen molar-refractivity contribution in [2.45, 2.75) is 31.0 Å². The topological polar surface area (TPSA) is 54.6 Å². The highest BCUT2D eigenvalue weighted by Crippen LogP contribution is 2.36. The second kappa shape index (κ2) is 7.19. The van der Waals surface area contributed by atoms with E-state index in [1.165, 1.54) is 12.1 Å². The number of rotatable bonds is 3. The number of fused-ring (bicyclic) bond motifs is 1. The zero-order chi connectivity index (χ0) is 19.8. The van der Waals surface area contributed by atoms with Crippen molar-refractivity contribution in [2.24, 2.45) is 0 Å². The summed E-state index contributed by atoms with van der Waals surface area (Å²) in [5.74, 6) is 0.194. The quantitative estimate of drug-likeness (QED) is 0.726. The first-order valence-corrected chi connectivity index (χ1v) is 10.0. The number of hydrogen-bond acceptors (Lipinski definition) is 3. The third-order valence-electron chi connectivity index (χ3n) is 5.86. The number of nitrogens with zero attached hydrogens (tertiary/aromatic N) is 1. The number of aromatic nitrogens is 1. The molecule has 1 aromatic heterocycles. The van der Waals surface area contributed by atoms with Crippen molar-refractivity contribution in [1.29, 1.82) is 0 Å². The molecule has 3 aromatic rings. The Balaban J connectivity index is 1.28. The number of halogens is 1. The van der Waals surface area contributed by atoms with Crippen LogP contribution >= 0.6 is 0 Å². The van der Waals surface area contributed by atoms with Crippen molar-refractivity contribution in [2.75, 3.05) is 19.7 Å². The lowest BCUT2D eigenvalue weighted by atomic mass is 9.89. The van der Waals surface area contributed by atoms with E-state index < -0.39 is 5.60 Å². The van der Waals surface area contributed by atoms with E-state index in [2.05, 4.69) is 4.98 Å². The molecule has 1 spiro atoms. The summed E-state index contributed by atoms with van der Waals surface area (Å²) >= 11 is 0. The Labute approximate surface area is 168 Å². The summed E-state index contributed by atoms with van der Waals surface area (Å²) in [5, 5.41) is 1.03. The maximum Gasteiger partial charge on any atom is 0.270 e. The van der Waals surface area contributed by atoms with Gasteiger partial charge in [0.25, 0.3) is 5.91 Å². The molecule has 2 aromatic carbocycles. The minimum absolute atomic E-state index is 0.00151. The fraction of sp³-hybridized carbons (Fsp3) is 0.348. The number of amides is 1. The van der Waals surface area contributed by atoms with Gasteiger partial charge in [0.2, 0.25) is 0 Å². The number of hydrogen-bond donors (Lipinski definition) is 1. The van der Waals surface area contributed by atoms with E-state index in [0.29, 0.717) is 37.6 Å². The number of carbonyl (C=O) groups is 1. The summed E-state index contributed by atoms with van der Waals surface area (Å²) in [6.07, 6.45) is 2.34. The van der Waals surface area contributed by atoms with Gasteiger partial charge >= 0.3 is 0 Å². The summed E-state index contributed by atoms with van der Waals surface area (Å²) in [6.45, 7) is 1.71. The van der Waals surface area contributed by atoms with Gasteiger partial charge in [-0.05, 0) is 37.1 Å². The van der Waals surface area contributed by atoms with Crippen LogP contribution in [0.15, 0.2) is 54.6 Å². The molecule has 0 saturated carbocycles. The molecule has 0 radical (unpaired) electrons. The van der Waals surface area contributed by atoms with Crippen LogP contribution in [0.3, 0.4) is 0 Å². The first-order valence-electron chi connectivity index (χ1n) is 10.0. The highest BCUT2D eigenvalue weighted by molar-refractivity contribution is 5.98. The Hall–Kier alpha value is -2.86. The summed E-state index contributed by atoms with van der Waals surface area (Å²) in [5.41, 5.74) is 1.18. The van der Waals surface area contributed by atoms with Gasteiger partial charge < -0.3 is 19.4 Å². The minimum atomic E-state index is -0.391. The lowest BCUT2D eigenvalue weighted by molar-refractivity contribution is -0.0454. The smallest absolute Gasteiger partial charge is 0.270 e. The molecule has 0 bridgehead atoms. The summed E-state index contributed by atoms with van der Waals surface area (Å²) in [6, 6.07) is 16.0. The van der Waals surface area contributed by atoms with Crippen LogP contribution in [-0.2, 0) is 4.74 Å². The van der Waals surface area contributed by atoms with Crippen molar-refractivity contribution in [3.8, 4) is 5.75 Å². The number of likely N-dealkylation sites (tertiary alicyclic amines) is 1. The van der Waals surface area contributed by atoms with Crippen molar-refractivity contribution < 1.29 is 18.7 Å². The molecule has 3 heterocycles. The zero-order valence-electron chi connectivity index (χ0n) is 16.1. The largest absolute Gasteiger partial charge is 0.488 e. The highest BCUT2D eigenvalue weighted by atomic mass is 19.1. The van der Waals surface area contributed by atoms with Crippen LogP contribution in [0.25, 0.3) is 10.9 Å². The molecule has 5 rings (SSSR count). The number of para-hydroxylation sites is 1. The Kier molecular flexibility index (Phi) is 4.51. The number of piperidine rings is 1. The van der Waals surface area contributed by atoms with Gasteiger partial charge in [0.15, 0.2) is 0 Å². The first-order chi connectivity index (χ1) is 14.1. The van der Waals surface area contributed by atoms with Crippen LogP contribution in [0.1, 0.15) is 29.8 Å². The monoisotopic (exact) mass is 394 g/mol. The molecule has 5 nitrogen and oxygen atoms in total.